The van der Waals surface area contributed by atoms with E-state index in [1.54, 1.807) is 19.1 Å². The van der Waals surface area contributed by atoms with Crippen molar-refractivity contribution in [1.29, 1.82) is 0 Å². The maximum absolute atomic E-state index is 12.7. The molecule has 1 unspecified atom stereocenters. The fraction of sp³-hybridized carbons (Fsp3) is 0.381. The summed E-state index contributed by atoms with van der Waals surface area (Å²) in [4.78, 5) is 12.7. The zero-order chi connectivity index (χ0) is 20.9. The molecule has 0 spiro atoms. The molecule has 1 atom stereocenters. The number of carbonyl (C=O) groups excluding carboxylic acids is 1. The van der Waals surface area contributed by atoms with Gasteiger partial charge < -0.3 is 10.1 Å². The van der Waals surface area contributed by atoms with E-state index in [0.29, 0.717) is 18.0 Å². The molecule has 0 aliphatic rings. The van der Waals surface area contributed by atoms with Crippen LogP contribution in [0, 0.1) is 13.8 Å². The summed E-state index contributed by atoms with van der Waals surface area (Å²) in [7, 11) is -3.64. The van der Waals surface area contributed by atoms with Crippen molar-refractivity contribution in [2.45, 2.75) is 40.3 Å². The fourth-order valence-corrected chi connectivity index (χ4v) is 4.11. The minimum Gasteiger partial charge on any atom is -0.494 e. The molecule has 7 heteroatoms. The molecule has 6 nitrogen and oxygen atoms in total. The van der Waals surface area contributed by atoms with Crippen LogP contribution in [-0.2, 0) is 21.4 Å². The van der Waals surface area contributed by atoms with Gasteiger partial charge in [0, 0.05) is 12.1 Å². The molecule has 1 N–H and O–H groups in total. The quantitative estimate of drug-likeness (QED) is 0.733. The number of nitrogens with zero attached hydrogens (tertiary/aromatic N) is 1. The van der Waals surface area contributed by atoms with Crippen molar-refractivity contribution >= 4 is 21.6 Å². The van der Waals surface area contributed by atoms with Crippen LogP contribution in [0.4, 0.5) is 5.69 Å². The van der Waals surface area contributed by atoms with Crippen LogP contribution >= 0.6 is 0 Å². The Hall–Kier alpha value is -2.54. The van der Waals surface area contributed by atoms with Gasteiger partial charge in [0.2, 0.25) is 15.9 Å². The number of carbonyl (C=O) groups is 1. The Balaban J connectivity index is 2.22. The number of hydrogen-bond acceptors (Lipinski definition) is 4. The first-order valence-electron chi connectivity index (χ1n) is 9.20. The zero-order valence-electron chi connectivity index (χ0n) is 17.0. The standard InChI is InChI=1S/C21H28N2O4S/c1-6-27-20-10-8-7-9-18(20)14-22-21(24)17(4)23(28(5,25)26)19-12-11-15(2)16(3)13-19/h7-13,17H,6,14H2,1-5H3,(H,22,24). The van der Waals surface area contributed by atoms with Gasteiger partial charge in [-0.05, 0) is 57.0 Å². The third-order valence-electron chi connectivity index (χ3n) is 4.56. The molecule has 28 heavy (non-hydrogen) atoms. The third kappa shape index (κ3) is 5.25. The van der Waals surface area contributed by atoms with Crippen molar-refractivity contribution in [2.75, 3.05) is 17.2 Å². The van der Waals surface area contributed by atoms with Crippen molar-refractivity contribution in [3.8, 4) is 5.75 Å². The van der Waals surface area contributed by atoms with Gasteiger partial charge in [0.05, 0.1) is 18.6 Å². The minimum absolute atomic E-state index is 0.254. The van der Waals surface area contributed by atoms with Gasteiger partial charge in [-0.3, -0.25) is 9.10 Å². The van der Waals surface area contributed by atoms with E-state index in [4.69, 9.17) is 4.74 Å². The Morgan fingerprint density at radius 1 is 1.14 bits per heavy atom. The highest BCUT2D eigenvalue weighted by Crippen LogP contribution is 2.24. The Labute approximate surface area is 167 Å². The van der Waals surface area contributed by atoms with E-state index in [0.717, 1.165) is 27.3 Å². The number of amides is 1. The van der Waals surface area contributed by atoms with Crippen LogP contribution in [0.3, 0.4) is 0 Å². The molecule has 0 aliphatic heterocycles. The summed E-state index contributed by atoms with van der Waals surface area (Å²) in [5.74, 6) is 0.321. The smallest absolute Gasteiger partial charge is 0.243 e. The van der Waals surface area contributed by atoms with Crippen molar-refractivity contribution in [2.24, 2.45) is 0 Å². The second kappa shape index (κ2) is 9.10. The van der Waals surface area contributed by atoms with Crippen LogP contribution in [0.2, 0.25) is 0 Å². The zero-order valence-corrected chi connectivity index (χ0v) is 17.8. The molecule has 152 valence electrons. The van der Waals surface area contributed by atoms with Crippen LogP contribution in [0.1, 0.15) is 30.5 Å². The highest BCUT2D eigenvalue weighted by atomic mass is 32.2. The maximum atomic E-state index is 12.7. The van der Waals surface area contributed by atoms with E-state index < -0.39 is 16.1 Å². The first kappa shape index (κ1) is 21.8. The van der Waals surface area contributed by atoms with Gasteiger partial charge in [-0.15, -0.1) is 0 Å². The van der Waals surface area contributed by atoms with Gasteiger partial charge in [-0.25, -0.2) is 8.42 Å². The first-order chi connectivity index (χ1) is 13.1. The summed E-state index contributed by atoms with van der Waals surface area (Å²) in [5, 5.41) is 2.82. The lowest BCUT2D eigenvalue weighted by atomic mass is 10.1. The second-order valence-corrected chi connectivity index (χ2v) is 8.62. The van der Waals surface area contributed by atoms with Crippen LogP contribution in [0.5, 0.6) is 5.75 Å². The molecule has 2 aromatic rings. The van der Waals surface area contributed by atoms with Gasteiger partial charge in [0.25, 0.3) is 0 Å². The van der Waals surface area contributed by atoms with Crippen molar-refractivity contribution in [3.63, 3.8) is 0 Å². The van der Waals surface area contributed by atoms with E-state index >= 15 is 0 Å². The van der Waals surface area contributed by atoms with Gasteiger partial charge >= 0.3 is 0 Å². The average molecular weight is 405 g/mol. The molecule has 0 fully saturated rings. The van der Waals surface area contributed by atoms with Crippen molar-refractivity contribution in [1.82, 2.24) is 5.32 Å². The topological polar surface area (TPSA) is 75.7 Å². The summed E-state index contributed by atoms with van der Waals surface area (Å²) in [6, 6.07) is 11.9. The molecular formula is C21H28N2O4S. The number of benzene rings is 2. The molecular weight excluding hydrogens is 376 g/mol. The Kier molecular flexibility index (Phi) is 7.07. The first-order valence-corrected chi connectivity index (χ1v) is 11.0. The number of aryl methyl sites for hydroxylation is 2. The fourth-order valence-electron chi connectivity index (χ4n) is 2.95. The molecule has 1 amide bonds. The lowest BCUT2D eigenvalue weighted by Crippen LogP contribution is -2.47. The molecule has 0 aliphatic carbocycles. The van der Waals surface area contributed by atoms with Gasteiger partial charge in [0.15, 0.2) is 0 Å². The molecule has 0 radical (unpaired) electrons. The molecule has 2 aromatic carbocycles. The minimum atomic E-state index is -3.64. The lowest BCUT2D eigenvalue weighted by molar-refractivity contribution is -0.122. The van der Waals surface area contributed by atoms with Crippen molar-refractivity contribution in [3.05, 3.63) is 59.2 Å². The van der Waals surface area contributed by atoms with Crippen LogP contribution in [-0.4, -0.2) is 33.2 Å². The van der Waals surface area contributed by atoms with Gasteiger partial charge in [0.1, 0.15) is 11.8 Å². The number of hydrogen-bond donors (Lipinski definition) is 1. The van der Waals surface area contributed by atoms with Crippen LogP contribution in [0.15, 0.2) is 42.5 Å². The number of para-hydroxylation sites is 1. The van der Waals surface area contributed by atoms with Crippen molar-refractivity contribution < 1.29 is 17.9 Å². The monoisotopic (exact) mass is 404 g/mol. The Bertz CT molecular complexity index is 941. The number of sulfonamides is 1. The number of rotatable bonds is 8. The van der Waals surface area contributed by atoms with E-state index in [2.05, 4.69) is 5.32 Å². The molecule has 0 heterocycles. The van der Waals surface area contributed by atoms with Gasteiger partial charge in [-0.1, -0.05) is 24.3 Å². The normalized spacial score (nSPS) is 12.3. The summed E-state index contributed by atoms with van der Waals surface area (Å²) in [6.45, 7) is 8.12. The lowest BCUT2D eigenvalue weighted by Gasteiger charge is -2.28. The molecule has 0 saturated heterocycles. The second-order valence-electron chi connectivity index (χ2n) is 6.76. The summed E-state index contributed by atoms with van der Waals surface area (Å²) < 4.78 is 31.6. The SMILES string of the molecule is CCOc1ccccc1CNC(=O)C(C)N(c1ccc(C)c(C)c1)S(C)(=O)=O. The van der Waals surface area contributed by atoms with E-state index in [-0.39, 0.29) is 12.5 Å². The molecule has 0 bridgehead atoms. The Morgan fingerprint density at radius 2 is 1.82 bits per heavy atom. The predicted octanol–water partition coefficient (Wildman–Crippen LogP) is 3.17. The van der Waals surface area contributed by atoms with E-state index in [9.17, 15) is 13.2 Å². The summed E-state index contributed by atoms with van der Waals surface area (Å²) in [6.07, 6.45) is 1.11. The van der Waals surface area contributed by atoms with Gasteiger partial charge in [-0.2, -0.15) is 0 Å². The summed E-state index contributed by atoms with van der Waals surface area (Å²) in [5.41, 5.74) is 3.33. The van der Waals surface area contributed by atoms with Crippen LogP contribution < -0.4 is 14.4 Å². The number of ether oxygens (including phenoxy) is 1. The highest BCUT2D eigenvalue weighted by Gasteiger charge is 2.29. The molecule has 0 saturated carbocycles. The van der Waals surface area contributed by atoms with E-state index in [1.165, 1.54) is 0 Å². The number of nitrogens with one attached hydrogen (secondary N) is 1. The Morgan fingerprint density at radius 3 is 2.43 bits per heavy atom. The van der Waals surface area contributed by atoms with E-state index in [1.807, 2.05) is 51.1 Å². The van der Waals surface area contributed by atoms with Crippen LogP contribution in [0.25, 0.3) is 0 Å². The summed E-state index contributed by atoms with van der Waals surface area (Å²) >= 11 is 0. The third-order valence-corrected chi connectivity index (χ3v) is 5.80. The predicted molar refractivity (Wildman–Crippen MR) is 112 cm³/mol. The maximum Gasteiger partial charge on any atom is 0.243 e. The highest BCUT2D eigenvalue weighted by molar-refractivity contribution is 7.92. The largest absolute Gasteiger partial charge is 0.494 e. The average Bonchev–Trinajstić information content (AvgIpc) is 2.63. The number of anilines is 1. The molecule has 0 aromatic heterocycles. The molecule has 2 rings (SSSR count).